The van der Waals surface area contributed by atoms with Gasteiger partial charge in [0.25, 0.3) is 0 Å². The van der Waals surface area contributed by atoms with Gasteiger partial charge in [-0.05, 0) is 24.7 Å². The average molecular weight is 343 g/mol. The summed E-state index contributed by atoms with van der Waals surface area (Å²) in [7, 11) is 0. The van der Waals surface area contributed by atoms with Gasteiger partial charge in [-0.2, -0.15) is 0 Å². The molecule has 24 heavy (non-hydrogen) atoms. The third-order valence-electron chi connectivity index (χ3n) is 5.10. The van der Waals surface area contributed by atoms with Crippen molar-refractivity contribution in [3.05, 3.63) is 0 Å². The molecule has 4 heteroatoms. The normalized spacial score (nSPS) is 20.8. The van der Waals surface area contributed by atoms with Gasteiger partial charge in [0.05, 0.1) is 6.61 Å². The van der Waals surface area contributed by atoms with Crippen molar-refractivity contribution in [3.8, 4) is 0 Å². The topological polar surface area (TPSA) is 66.8 Å². The number of aliphatic hydroxyl groups is 2. The second-order valence-corrected chi connectivity index (χ2v) is 7.43. The molecule has 1 aliphatic rings. The lowest BCUT2D eigenvalue weighted by atomic mass is 10.0. The molecule has 0 aromatic heterocycles. The molecule has 3 atom stereocenters. The Morgan fingerprint density at radius 1 is 1.00 bits per heavy atom. The smallest absolute Gasteiger partial charge is 0.305 e. The molecular weight excluding hydrogens is 304 g/mol. The Labute approximate surface area is 148 Å². The Morgan fingerprint density at radius 2 is 1.58 bits per heavy atom. The summed E-state index contributed by atoms with van der Waals surface area (Å²) in [4.78, 5) is 11.4. The van der Waals surface area contributed by atoms with Crippen LogP contribution in [-0.2, 0) is 9.53 Å². The predicted molar refractivity (Wildman–Crippen MR) is 96.7 cm³/mol. The van der Waals surface area contributed by atoms with Gasteiger partial charge in [-0.1, -0.05) is 71.1 Å². The number of hydrogen-bond acceptors (Lipinski definition) is 4. The molecule has 1 fully saturated rings. The fraction of sp³-hybridized carbons (Fsp3) is 0.950. The SMILES string of the molecule is CCCCCCC[C@H]1C[C@H]1CCCCCCC(=O)OC[C@@H](O)CO. The van der Waals surface area contributed by atoms with Gasteiger partial charge < -0.3 is 14.9 Å². The zero-order chi connectivity index (χ0) is 17.6. The number of aliphatic hydroxyl groups excluding tert-OH is 2. The number of rotatable bonds is 16. The van der Waals surface area contributed by atoms with Crippen LogP contribution in [0.4, 0.5) is 0 Å². The van der Waals surface area contributed by atoms with Gasteiger partial charge in [0.15, 0.2) is 0 Å². The molecule has 1 rings (SSSR count). The van der Waals surface area contributed by atoms with Crippen molar-refractivity contribution >= 4 is 5.97 Å². The number of carbonyl (C=O) groups is 1. The van der Waals surface area contributed by atoms with E-state index in [0.29, 0.717) is 6.42 Å². The second-order valence-electron chi connectivity index (χ2n) is 7.43. The van der Waals surface area contributed by atoms with Crippen molar-refractivity contribution in [2.75, 3.05) is 13.2 Å². The second kappa shape index (κ2) is 13.7. The number of hydrogen-bond donors (Lipinski definition) is 2. The van der Waals surface area contributed by atoms with E-state index in [4.69, 9.17) is 14.9 Å². The van der Waals surface area contributed by atoms with Crippen LogP contribution in [0, 0.1) is 11.8 Å². The van der Waals surface area contributed by atoms with Crippen LogP contribution in [0.1, 0.15) is 90.4 Å². The van der Waals surface area contributed by atoms with Crippen LogP contribution >= 0.6 is 0 Å². The minimum Gasteiger partial charge on any atom is -0.463 e. The summed E-state index contributed by atoms with van der Waals surface area (Å²) in [5.74, 6) is 1.73. The molecule has 1 saturated carbocycles. The third-order valence-corrected chi connectivity index (χ3v) is 5.10. The van der Waals surface area contributed by atoms with Gasteiger partial charge in [0, 0.05) is 6.42 Å². The highest BCUT2D eigenvalue weighted by atomic mass is 16.5. The summed E-state index contributed by atoms with van der Waals surface area (Å²) in [6, 6.07) is 0. The first kappa shape index (κ1) is 21.4. The molecule has 2 N–H and O–H groups in total. The highest BCUT2D eigenvalue weighted by Gasteiger charge is 2.34. The Morgan fingerprint density at radius 3 is 2.17 bits per heavy atom. The van der Waals surface area contributed by atoms with Gasteiger partial charge in [-0.3, -0.25) is 4.79 Å². The van der Waals surface area contributed by atoms with Crippen molar-refractivity contribution in [1.29, 1.82) is 0 Å². The molecule has 0 spiro atoms. The van der Waals surface area contributed by atoms with Crippen LogP contribution in [0.15, 0.2) is 0 Å². The molecule has 0 aliphatic heterocycles. The van der Waals surface area contributed by atoms with E-state index in [2.05, 4.69) is 6.92 Å². The van der Waals surface area contributed by atoms with Gasteiger partial charge in [0.2, 0.25) is 0 Å². The van der Waals surface area contributed by atoms with Crippen LogP contribution in [0.25, 0.3) is 0 Å². The summed E-state index contributed by atoms with van der Waals surface area (Å²) in [6.45, 7) is 1.80. The maximum Gasteiger partial charge on any atom is 0.305 e. The molecule has 0 unspecified atom stereocenters. The van der Waals surface area contributed by atoms with E-state index in [1.807, 2.05) is 0 Å². The van der Waals surface area contributed by atoms with Gasteiger partial charge in [-0.15, -0.1) is 0 Å². The van der Waals surface area contributed by atoms with Gasteiger partial charge >= 0.3 is 5.97 Å². The summed E-state index contributed by atoms with van der Waals surface area (Å²) in [6.07, 6.45) is 15.1. The first-order valence-electron chi connectivity index (χ1n) is 10.1. The predicted octanol–water partition coefficient (Wildman–Crippen LogP) is 4.22. The summed E-state index contributed by atoms with van der Waals surface area (Å²) in [5, 5.41) is 17.7. The minimum absolute atomic E-state index is 0.100. The first-order chi connectivity index (χ1) is 11.7. The van der Waals surface area contributed by atoms with Crippen LogP contribution in [0.2, 0.25) is 0 Å². The van der Waals surface area contributed by atoms with E-state index in [1.54, 1.807) is 0 Å². The largest absolute Gasteiger partial charge is 0.463 e. The molecule has 0 aromatic rings. The van der Waals surface area contributed by atoms with Crippen molar-refractivity contribution in [1.82, 2.24) is 0 Å². The van der Waals surface area contributed by atoms with Gasteiger partial charge in [0.1, 0.15) is 12.7 Å². The Balaban J connectivity index is 1.82. The molecule has 0 saturated heterocycles. The molecule has 0 heterocycles. The molecule has 0 bridgehead atoms. The molecule has 0 amide bonds. The van der Waals surface area contributed by atoms with Crippen molar-refractivity contribution < 1.29 is 19.7 Å². The standard InChI is InChI=1S/C20H38O4/c1-2-3-4-5-8-11-17-14-18(17)12-9-6-7-10-13-20(23)24-16-19(22)15-21/h17-19,21-22H,2-16H2,1H3/t17-,18+,19-/m0/s1. The summed E-state index contributed by atoms with van der Waals surface area (Å²) >= 11 is 0. The fourth-order valence-electron chi connectivity index (χ4n) is 3.37. The van der Waals surface area contributed by atoms with Crippen LogP contribution in [0.3, 0.4) is 0 Å². The minimum atomic E-state index is -0.952. The zero-order valence-electron chi connectivity index (χ0n) is 15.5. The first-order valence-corrected chi connectivity index (χ1v) is 10.1. The van der Waals surface area contributed by atoms with E-state index >= 15 is 0 Å². The molecule has 1 aliphatic carbocycles. The lowest BCUT2D eigenvalue weighted by Gasteiger charge is -2.08. The maximum atomic E-state index is 11.4. The van der Waals surface area contributed by atoms with Crippen LogP contribution in [-0.4, -0.2) is 35.5 Å². The van der Waals surface area contributed by atoms with E-state index in [9.17, 15) is 4.79 Å². The summed E-state index contributed by atoms with van der Waals surface area (Å²) < 4.78 is 4.88. The molecule has 0 radical (unpaired) electrons. The Bertz CT molecular complexity index is 319. The number of ether oxygens (including phenoxy) is 1. The van der Waals surface area contributed by atoms with E-state index < -0.39 is 6.10 Å². The highest BCUT2D eigenvalue weighted by molar-refractivity contribution is 5.69. The summed E-state index contributed by atoms with van der Waals surface area (Å²) in [5.41, 5.74) is 0. The fourth-order valence-corrected chi connectivity index (χ4v) is 3.37. The lowest BCUT2D eigenvalue weighted by Crippen LogP contribution is -2.21. The van der Waals surface area contributed by atoms with Crippen molar-refractivity contribution in [3.63, 3.8) is 0 Å². The number of carbonyl (C=O) groups excluding carboxylic acids is 1. The molecule has 0 aromatic carbocycles. The van der Waals surface area contributed by atoms with Crippen LogP contribution in [0.5, 0.6) is 0 Å². The van der Waals surface area contributed by atoms with Gasteiger partial charge in [-0.25, -0.2) is 0 Å². The quantitative estimate of drug-likeness (QED) is 0.325. The van der Waals surface area contributed by atoms with E-state index in [-0.39, 0.29) is 19.2 Å². The van der Waals surface area contributed by atoms with E-state index in [0.717, 1.165) is 24.7 Å². The zero-order valence-corrected chi connectivity index (χ0v) is 15.5. The Hall–Kier alpha value is -0.610. The molecular formula is C20H38O4. The highest BCUT2D eigenvalue weighted by Crippen LogP contribution is 2.45. The van der Waals surface area contributed by atoms with Crippen molar-refractivity contribution in [2.45, 2.75) is 96.5 Å². The maximum absolute atomic E-state index is 11.4. The Kier molecular flexibility index (Phi) is 12.2. The third kappa shape index (κ3) is 11.0. The van der Waals surface area contributed by atoms with E-state index in [1.165, 1.54) is 64.2 Å². The molecule has 142 valence electrons. The van der Waals surface area contributed by atoms with Crippen molar-refractivity contribution in [2.24, 2.45) is 11.8 Å². The average Bonchev–Trinajstić information content (AvgIpc) is 3.33. The van der Waals surface area contributed by atoms with Crippen LogP contribution < -0.4 is 0 Å². The lowest BCUT2D eigenvalue weighted by molar-refractivity contribution is -0.147. The number of esters is 1. The monoisotopic (exact) mass is 342 g/mol. The molecule has 4 nitrogen and oxygen atoms in total. The number of unbranched alkanes of at least 4 members (excludes halogenated alkanes) is 7.